The minimum absolute atomic E-state index is 0.0142. The van der Waals surface area contributed by atoms with E-state index in [0.29, 0.717) is 36.8 Å². The molecule has 6 nitrogen and oxygen atoms in total. The maximum Gasteiger partial charge on any atom is 0.257 e. The molecule has 0 unspecified atom stereocenters. The number of amides is 2. The lowest BCUT2D eigenvalue weighted by molar-refractivity contribution is -0.135. The molecule has 2 amide bonds. The van der Waals surface area contributed by atoms with Crippen molar-refractivity contribution in [2.45, 2.75) is 51.0 Å². The van der Waals surface area contributed by atoms with E-state index in [4.69, 9.17) is 4.74 Å². The minimum Gasteiger partial charge on any atom is -0.491 e. The molecular weight excluding hydrogens is 450 g/mol. The van der Waals surface area contributed by atoms with Crippen LogP contribution in [0.15, 0.2) is 54.6 Å². The van der Waals surface area contributed by atoms with Gasteiger partial charge in [0, 0.05) is 26.6 Å². The summed E-state index contributed by atoms with van der Waals surface area (Å²) in [7, 11) is 4.01. The molecule has 0 spiro atoms. The number of ether oxygens (including phenoxy) is 1. The fourth-order valence-electron chi connectivity index (χ4n) is 5.36. The van der Waals surface area contributed by atoms with Crippen molar-refractivity contribution in [3.8, 4) is 5.75 Å². The molecule has 2 aliphatic heterocycles. The largest absolute Gasteiger partial charge is 0.491 e. The highest BCUT2D eigenvalue weighted by Gasteiger charge is 2.29. The van der Waals surface area contributed by atoms with Gasteiger partial charge in [-0.05, 0) is 82.3 Å². The van der Waals surface area contributed by atoms with Crippen molar-refractivity contribution in [3.63, 3.8) is 0 Å². The van der Waals surface area contributed by atoms with Crippen LogP contribution in [-0.2, 0) is 11.2 Å². The average Bonchev–Trinajstić information content (AvgIpc) is 2.90. The summed E-state index contributed by atoms with van der Waals surface area (Å²) in [6, 6.07) is 17.7. The SMILES string of the molecule is CN1CCC(CC(=O)N2CCCCCN(C)C(=O)c3ccccc3OC[C@@H]2Cc2ccccc2)CC1. The van der Waals surface area contributed by atoms with Crippen LogP contribution in [0.4, 0.5) is 0 Å². The van der Waals surface area contributed by atoms with Crippen molar-refractivity contribution < 1.29 is 14.3 Å². The van der Waals surface area contributed by atoms with E-state index >= 15 is 0 Å². The Kier molecular flexibility index (Phi) is 9.40. The second kappa shape index (κ2) is 12.9. The average molecular weight is 492 g/mol. The molecule has 6 heteroatoms. The summed E-state index contributed by atoms with van der Waals surface area (Å²) in [5.41, 5.74) is 1.78. The number of para-hydroxylation sites is 1. The Hall–Kier alpha value is -2.86. The highest BCUT2D eigenvalue weighted by Crippen LogP contribution is 2.25. The summed E-state index contributed by atoms with van der Waals surface area (Å²) >= 11 is 0. The third-order valence-corrected chi connectivity index (χ3v) is 7.66. The van der Waals surface area contributed by atoms with Crippen LogP contribution >= 0.6 is 0 Å². The summed E-state index contributed by atoms with van der Waals surface area (Å²) in [6.45, 7) is 3.91. The van der Waals surface area contributed by atoms with E-state index < -0.39 is 0 Å². The van der Waals surface area contributed by atoms with Crippen LogP contribution < -0.4 is 4.74 Å². The summed E-state index contributed by atoms with van der Waals surface area (Å²) in [4.78, 5) is 33.1. The maximum atomic E-state index is 13.8. The molecule has 2 aromatic carbocycles. The van der Waals surface area contributed by atoms with Crippen molar-refractivity contribution in [1.29, 1.82) is 0 Å². The highest BCUT2D eigenvalue weighted by atomic mass is 16.5. The Morgan fingerprint density at radius 1 is 0.889 bits per heavy atom. The standard InChI is InChI=1S/C30H41N3O3/c1-31-19-15-25(16-20-31)22-29(34)33-18-10-4-9-17-32(2)30(35)27-13-7-8-14-28(27)36-23-26(33)21-24-11-5-3-6-12-24/h3,5-8,11-14,25-26H,4,9-10,15-23H2,1-2H3/t26-/m0/s1. The first kappa shape index (κ1) is 26.2. The van der Waals surface area contributed by atoms with E-state index in [1.807, 2.05) is 49.5 Å². The van der Waals surface area contributed by atoms with Gasteiger partial charge in [0.15, 0.2) is 0 Å². The smallest absolute Gasteiger partial charge is 0.257 e. The van der Waals surface area contributed by atoms with Gasteiger partial charge in [0.2, 0.25) is 5.91 Å². The topological polar surface area (TPSA) is 53.1 Å². The lowest BCUT2D eigenvalue weighted by atomic mass is 9.92. The number of nitrogens with zero attached hydrogens (tertiary/aromatic N) is 3. The number of carbonyl (C=O) groups is 2. The molecule has 0 aliphatic carbocycles. The van der Waals surface area contributed by atoms with Crippen molar-refractivity contribution in [2.24, 2.45) is 5.92 Å². The van der Waals surface area contributed by atoms with Crippen LogP contribution in [0.2, 0.25) is 0 Å². The maximum absolute atomic E-state index is 13.8. The van der Waals surface area contributed by atoms with Crippen molar-refractivity contribution in [2.75, 3.05) is 46.9 Å². The van der Waals surface area contributed by atoms with Crippen LogP contribution in [0.5, 0.6) is 5.75 Å². The van der Waals surface area contributed by atoms with E-state index in [-0.39, 0.29) is 17.9 Å². The molecule has 1 saturated heterocycles. The zero-order valence-electron chi connectivity index (χ0n) is 21.9. The lowest BCUT2D eigenvalue weighted by Crippen LogP contribution is -2.46. The number of rotatable bonds is 4. The molecule has 4 rings (SSSR count). The van der Waals surface area contributed by atoms with Crippen molar-refractivity contribution >= 4 is 11.8 Å². The Balaban J connectivity index is 1.59. The van der Waals surface area contributed by atoms with Gasteiger partial charge in [0.1, 0.15) is 12.4 Å². The number of benzene rings is 2. The van der Waals surface area contributed by atoms with Crippen LogP contribution in [-0.4, -0.2) is 79.4 Å². The molecule has 36 heavy (non-hydrogen) atoms. The quantitative estimate of drug-likeness (QED) is 0.632. The number of fused-ring (bicyclic) bond motifs is 1. The molecule has 0 bridgehead atoms. The lowest BCUT2D eigenvalue weighted by Gasteiger charge is -2.35. The van der Waals surface area contributed by atoms with Gasteiger partial charge in [0.05, 0.1) is 11.6 Å². The third kappa shape index (κ3) is 7.10. The van der Waals surface area contributed by atoms with Gasteiger partial charge in [-0.25, -0.2) is 0 Å². The van der Waals surface area contributed by atoms with E-state index in [1.54, 1.807) is 4.90 Å². The van der Waals surface area contributed by atoms with E-state index in [2.05, 4.69) is 29.0 Å². The summed E-state index contributed by atoms with van der Waals surface area (Å²) in [5, 5.41) is 0. The van der Waals surface area contributed by atoms with Crippen molar-refractivity contribution in [3.05, 3.63) is 65.7 Å². The molecule has 0 saturated carbocycles. The number of hydrogen-bond acceptors (Lipinski definition) is 4. The van der Waals surface area contributed by atoms with Gasteiger partial charge in [-0.1, -0.05) is 42.5 Å². The van der Waals surface area contributed by atoms with Gasteiger partial charge in [-0.3, -0.25) is 9.59 Å². The third-order valence-electron chi connectivity index (χ3n) is 7.66. The van der Waals surface area contributed by atoms with Crippen LogP contribution in [0.3, 0.4) is 0 Å². The predicted molar refractivity (Wildman–Crippen MR) is 143 cm³/mol. The number of piperidine rings is 1. The molecule has 194 valence electrons. The predicted octanol–water partition coefficient (Wildman–Crippen LogP) is 4.49. The number of carbonyl (C=O) groups excluding carboxylic acids is 2. The van der Waals surface area contributed by atoms with Crippen LogP contribution in [0, 0.1) is 5.92 Å². The fourth-order valence-corrected chi connectivity index (χ4v) is 5.36. The second-order valence-electron chi connectivity index (χ2n) is 10.5. The first-order valence-corrected chi connectivity index (χ1v) is 13.5. The van der Waals surface area contributed by atoms with E-state index in [9.17, 15) is 9.59 Å². The zero-order valence-corrected chi connectivity index (χ0v) is 21.9. The molecule has 2 aliphatic rings. The summed E-state index contributed by atoms with van der Waals surface area (Å²) < 4.78 is 6.34. The Morgan fingerprint density at radius 2 is 1.58 bits per heavy atom. The Morgan fingerprint density at radius 3 is 2.36 bits per heavy atom. The number of hydrogen-bond donors (Lipinski definition) is 0. The first-order valence-electron chi connectivity index (χ1n) is 13.5. The molecule has 2 aromatic rings. The Labute approximate surface area is 216 Å². The monoisotopic (exact) mass is 491 g/mol. The number of likely N-dealkylation sites (tertiary alicyclic amines) is 1. The minimum atomic E-state index is -0.0900. The molecule has 1 atom stereocenters. The molecule has 1 fully saturated rings. The van der Waals surface area contributed by atoms with Gasteiger partial charge in [-0.2, -0.15) is 0 Å². The molecule has 2 heterocycles. The van der Waals surface area contributed by atoms with Gasteiger partial charge in [-0.15, -0.1) is 0 Å². The molecular formula is C30H41N3O3. The molecule has 0 radical (unpaired) electrons. The van der Waals surface area contributed by atoms with Crippen LogP contribution in [0.1, 0.15) is 54.4 Å². The molecule has 0 aromatic heterocycles. The summed E-state index contributed by atoms with van der Waals surface area (Å²) in [6.07, 6.45) is 6.34. The van der Waals surface area contributed by atoms with E-state index in [0.717, 1.165) is 58.2 Å². The van der Waals surface area contributed by atoms with Crippen LogP contribution in [0.25, 0.3) is 0 Å². The summed E-state index contributed by atoms with van der Waals surface area (Å²) in [5.74, 6) is 1.27. The first-order chi connectivity index (χ1) is 17.5. The van der Waals surface area contributed by atoms with Gasteiger partial charge >= 0.3 is 0 Å². The van der Waals surface area contributed by atoms with E-state index in [1.165, 1.54) is 5.56 Å². The fraction of sp³-hybridized carbons (Fsp3) is 0.533. The van der Waals surface area contributed by atoms with Crippen molar-refractivity contribution in [1.82, 2.24) is 14.7 Å². The zero-order chi connectivity index (χ0) is 25.3. The van der Waals surface area contributed by atoms with Gasteiger partial charge in [0.25, 0.3) is 5.91 Å². The second-order valence-corrected chi connectivity index (χ2v) is 10.5. The molecule has 0 N–H and O–H groups in total. The van der Waals surface area contributed by atoms with Gasteiger partial charge < -0.3 is 19.4 Å². The highest BCUT2D eigenvalue weighted by molar-refractivity contribution is 5.96. The Bertz CT molecular complexity index is 988. The normalized spacial score (nSPS) is 21.1.